The van der Waals surface area contributed by atoms with Crippen molar-refractivity contribution in [1.82, 2.24) is 5.32 Å². The molecule has 0 radical (unpaired) electrons. The second kappa shape index (κ2) is 6.49. The number of imide groups is 1. The van der Waals surface area contributed by atoms with E-state index in [1.807, 2.05) is 32.0 Å². The molecule has 2 heterocycles. The quantitative estimate of drug-likeness (QED) is 0.710. The molecule has 4 rings (SSSR count). The van der Waals surface area contributed by atoms with Crippen LogP contribution in [0.3, 0.4) is 0 Å². The predicted molar refractivity (Wildman–Crippen MR) is 103 cm³/mol. The van der Waals surface area contributed by atoms with E-state index in [0.29, 0.717) is 23.1 Å². The Morgan fingerprint density at radius 3 is 2.54 bits per heavy atom. The number of carbonyl (C=O) groups is 2. The molecule has 2 aliphatic heterocycles. The highest BCUT2D eigenvalue weighted by atomic mass is 16.5. The van der Waals surface area contributed by atoms with Crippen LogP contribution in [0.5, 0.6) is 11.5 Å². The Morgan fingerprint density at radius 2 is 1.82 bits per heavy atom. The van der Waals surface area contributed by atoms with Crippen molar-refractivity contribution >= 4 is 17.4 Å². The van der Waals surface area contributed by atoms with E-state index in [4.69, 9.17) is 4.74 Å². The number of nitrogens with one attached hydrogen (secondary N) is 1. The lowest BCUT2D eigenvalue weighted by Gasteiger charge is -2.37. The standard InChI is InChI=1S/C22H21NO5/c1-22(2)18(25)11-14-9-12(3-8-17(14)28-22)10-16-19(21(27)23-20(16)26)13-4-6-15(24)7-5-13/h3-9,18,24-25H,10-11H2,1-2H3,(H,23,26,27). The molecule has 1 unspecified atom stereocenters. The smallest absolute Gasteiger partial charge is 0.259 e. The van der Waals surface area contributed by atoms with Crippen LogP contribution in [0.1, 0.15) is 30.5 Å². The lowest BCUT2D eigenvalue weighted by molar-refractivity contribution is -0.123. The summed E-state index contributed by atoms with van der Waals surface area (Å²) in [5.74, 6) is -0.0436. The van der Waals surface area contributed by atoms with Gasteiger partial charge < -0.3 is 14.9 Å². The van der Waals surface area contributed by atoms with Crippen LogP contribution < -0.4 is 10.1 Å². The number of ether oxygens (including phenoxy) is 1. The number of phenolic OH excluding ortho intramolecular Hbond substituents is 1. The zero-order chi connectivity index (χ0) is 20.1. The fourth-order valence-electron chi connectivity index (χ4n) is 3.61. The van der Waals surface area contributed by atoms with Crippen LogP contribution in [0, 0.1) is 0 Å². The minimum atomic E-state index is -0.652. The molecule has 0 saturated heterocycles. The molecule has 1 atom stereocenters. The highest BCUT2D eigenvalue weighted by Crippen LogP contribution is 2.35. The van der Waals surface area contributed by atoms with Gasteiger partial charge in [0.05, 0.1) is 11.7 Å². The van der Waals surface area contributed by atoms with Crippen molar-refractivity contribution in [1.29, 1.82) is 0 Å². The topological polar surface area (TPSA) is 95.9 Å². The van der Waals surface area contributed by atoms with Gasteiger partial charge in [0.2, 0.25) is 0 Å². The summed E-state index contributed by atoms with van der Waals surface area (Å²) in [5.41, 5.74) is 2.36. The average molecular weight is 379 g/mol. The second-order valence-corrected chi connectivity index (χ2v) is 7.73. The molecular weight excluding hydrogens is 358 g/mol. The maximum Gasteiger partial charge on any atom is 0.259 e. The van der Waals surface area contributed by atoms with E-state index in [9.17, 15) is 19.8 Å². The third kappa shape index (κ3) is 3.16. The predicted octanol–water partition coefficient (Wildman–Crippen LogP) is 2.12. The normalized spacial score (nSPS) is 20.6. The number of amides is 2. The van der Waals surface area contributed by atoms with Gasteiger partial charge in [-0.25, -0.2) is 0 Å². The first-order valence-corrected chi connectivity index (χ1v) is 9.12. The van der Waals surface area contributed by atoms with Crippen LogP contribution in [0.2, 0.25) is 0 Å². The van der Waals surface area contributed by atoms with Crippen molar-refractivity contribution in [3.63, 3.8) is 0 Å². The van der Waals surface area contributed by atoms with Crippen molar-refractivity contribution in [3.8, 4) is 11.5 Å². The largest absolute Gasteiger partial charge is 0.508 e. The van der Waals surface area contributed by atoms with Gasteiger partial charge in [0.25, 0.3) is 11.8 Å². The Balaban J connectivity index is 1.69. The summed E-state index contributed by atoms with van der Waals surface area (Å²) in [4.78, 5) is 24.7. The molecule has 2 aromatic carbocycles. The van der Waals surface area contributed by atoms with E-state index in [-0.39, 0.29) is 12.2 Å². The molecule has 3 N–H and O–H groups in total. The van der Waals surface area contributed by atoms with Gasteiger partial charge in [-0.3, -0.25) is 14.9 Å². The van der Waals surface area contributed by atoms with Crippen molar-refractivity contribution in [3.05, 3.63) is 64.7 Å². The molecule has 0 aromatic heterocycles. The molecule has 144 valence electrons. The lowest BCUT2D eigenvalue weighted by atomic mass is 9.89. The molecule has 2 aromatic rings. The number of aliphatic hydroxyl groups excluding tert-OH is 1. The summed E-state index contributed by atoms with van der Waals surface area (Å²) in [6.07, 6.45) is 0.115. The van der Waals surface area contributed by atoms with Crippen LogP contribution >= 0.6 is 0 Å². The highest BCUT2D eigenvalue weighted by Gasteiger charge is 2.36. The fourth-order valence-corrected chi connectivity index (χ4v) is 3.61. The molecule has 2 amide bonds. The van der Waals surface area contributed by atoms with Gasteiger partial charge in [0.15, 0.2) is 0 Å². The zero-order valence-electron chi connectivity index (χ0n) is 15.7. The first-order chi connectivity index (χ1) is 13.2. The van der Waals surface area contributed by atoms with Crippen molar-refractivity contribution in [2.45, 2.75) is 38.4 Å². The molecule has 6 nitrogen and oxygen atoms in total. The fraction of sp³-hybridized carbons (Fsp3) is 0.273. The lowest BCUT2D eigenvalue weighted by Crippen LogP contribution is -2.46. The number of hydrogen-bond donors (Lipinski definition) is 3. The molecule has 2 aliphatic rings. The van der Waals surface area contributed by atoms with E-state index in [0.717, 1.165) is 16.9 Å². The zero-order valence-corrected chi connectivity index (χ0v) is 15.7. The van der Waals surface area contributed by atoms with Crippen molar-refractivity contribution in [2.75, 3.05) is 0 Å². The van der Waals surface area contributed by atoms with Gasteiger partial charge in [0, 0.05) is 18.4 Å². The maximum atomic E-state index is 12.4. The second-order valence-electron chi connectivity index (χ2n) is 7.73. The molecule has 0 fully saturated rings. The maximum absolute atomic E-state index is 12.4. The minimum Gasteiger partial charge on any atom is -0.508 e. The van der Waals surface area contributed by atoms with Crippen LogP contribution in [0.4, 0.5) is 0 Å². The number of phenols is 1. The SMILES string of the molecule is CC1(C)Oc2ccc(CC3=C(c4ccc(O)cc4)C(=O)NC3=O)cc2CC1O. The van der Waals surface area contributed by atoms with Crippen LogP contribution in [-0.2, 0) is 22.4 Å². The minimum absolute atomic E-state index is 0.0896. The van der Waals surface area contributed by atoms with Gasteiger partial charge in [-0.2, -0.15) is 0 Å². The van der Waals surface area contributed by atoms with Crippen molar-refractivity contribution in [2.24, 2.45) is 0 Å². The van der Waals surface area contributed by atoms with Gasteiger partial charge >= 0.3 is 0 Å². The third-order valence-electron chi connectivity index (χ3n) is 5.28. The Bertz CT molecular complexity index is 1000. The number of carbonyl (C=O) groups excluding carboxylic acids is 2. The van der Waals surface area contributed by atoms with E-state index in [1.165, 1.54) is 12.1 Å². The van der Waals surface area contributed by atoms with Gasteiger partial charge in [0.1, 0.15) is 17.1 Å². The van der Waals surface area contributed by atoms with Gasteiger partial charge in [-0.05, 0) is 48.7 Å². The molecule has 0 bridgehead atoms. The van der Waals surface area contributed by atoms with Crippen LogP contribution in [0.25, 0.3) is 5.57 Å². The van der Waals surface area contributed by atoms with Crippen LogP contribution in [-0.4, -0.2) is 33.7 Å². The number of fused-ring (bicyclic) bond motifs is 1. The average Bonchev–Trinajstić information content (AvgIpc) is 2.90. The molecule has 0 spiro atoms. The third-order valence-corrected chi connectivity index (χ3v) is 5.28. The molecule has 0 aliphatic carbocycles. The van der Waals surface area contributed by atoms with Gasteiger partial charge in [-0.15, -0.1) is 0 Å². The number of hydrogen-bond acceptors (Lipinski definition) is 5. The number of benzene rings is 2. The summed E-state index contributed by atoms with van der Waals surface area (Å²) in [7, 11) is 0. The first-order valence-electron chi connectivity index (χ1n) is 9.12. The Labute approximate surface area is 162 Å². The summed E-state index contributed by atoms with van der Waals surface area (Å²) in [6.45, 7) is 3.69. The monoisotopic (exact) mass is 379 g/mol. The van der Waals surface area contributed by atoms with Gasteiger partial charge in [-0.1, -0.05) is 24.3 Å². The van der Waals surface area contributed by atoms with E-state index in [2.05, 4.69) is 5.32 Å². The Hall–Kier alpha value is -3.12. The van der Waals surface area contributed by atoms with Crippen molar-refractivity contribution < 1.29 is 24.5 Å². The van der Waals surface area contributed by atoms with E-state index in [1.54, 1.807) is 12.1 Å². The molecule has 6 heteroatoms. The number of aliphatic hydroxyl groups is 1. The Kier molecular flexibility index (Phi) is 4.23. The molecule has 0 saturated carbocycles. The summed E-state index contributed by atoms with van der Waals surface area (Å²) in [6, 6.07) is 11.8. The summed E-state index contributed by atoms with van der Waals surface area (Å²) < 4.78 is 5.88. The van der Waals surface area contributed by atoms with E-state index < -0.39 is 23.5 Å². The molecule has 28 heavy (non-hydrogen) atoms. The molecular formula is C22H21NO5. The van der Waals surface area contributed by atoms with E-state index >= 15 is 0 Å². The Morgan fingerprint density at radius 1 is 1.11 bits per heavy atom. The van der Waals surface area contributed by atoms with Crippen LogP contribution in [0.15, 0.2) is 48.0 Å². The first kappa shape index (κ1) is 18.3. The highest BCUT2D eigenvalue weighted by molar-refractivity contribution is 6.36. The number of rotatable bonds is 3. The summed E-state index contributed by atoms with van der Waals surface area (Å²) >= 11 is 0. The number of aromatic hydroxyl groups is 1. The summed E-state index contributed by atoms with van der Waals surface area (Å²) in [5, 5.41) is 22.1.